The van der Waals surface area contributed by atoms with Crippen LogP contribution in [0, 0.1) is 0 Å². The third kappa shape index (κ3) is 29.9. The standard InChI is InChI=1S/3C6H13NS2.Fe/c3*1-3-4-5-7(2)6(8)9;/h3*3-5H2,1-2H3,(H,8,9);/q;;;+3. The van der Waals surface area contributed by atoms with Gasteiger partial charge in [-0.1, -0.05) is 40.0 Å². The maximum absolute atomic E-state index is 4.82. The molecule has 0 aromatic rings. The topological polar surface area (TPSA) is 9.72 Å². The van der Waals surface area contributed by atoms with Crippen molar-refractivity contribution >= 4 is 87.5 Å². The van der Waals surface area contributed by atoms with Crippen molar-refractivity contribution in [2.75, 3.05) is 40.8 Å². The molecule has 0 aliphatic carbocycles. The molecule has 0 atom stereocenters. The Morgan fingerprint density at radius 1 is 0.571 bits per heavy atom. The van der Waals surface area contributed by atoms with E-state index in [0.29, 0.717) is 13.0 Å². The predicted octanol–water partition coefficient (Wildman–Crippen LogP) is 1.89. The summed E-state index contributed by atoms with van der Waals surface area (Å²) in [7, 11) is 5.89. The zero-order valence-corrected chi connectivity index (χ0v) is 24.4. The quantitative estimate of drug-likeness (QED) is 0.143. The van der Waals surface area contributed by atoms with E-state index in [1.54, 1.807) is 0 Å². The van der Waals surface area contributed by atoms with E-state index in [-0.39, 0.29) is 17.1 Å². The van der Waals surface area contributed by atoms with Gasteiger partial charge in [0.25, 0.3) is 0 Å². The molecule has 0 spiro atoms. The summed E-state index contributed by atoms with van der Waals surface area (Å²) in [6, 6.07) is 0. The van der Waals surface area contributed by atoms with Crippen LogP contribution in [-0.2, 0) is 91.6 Å². The molecule has 0 saturated carbocycles. The summed E-state index contributed by atoms with van der Waals surface area (Å²) < 4.78 is 2.05. The monoisotopic (exact) mass is 545 g/mol. The van der Waals surface area contributed by atoms with E-state index in [2.05, 4.69) is 57.4 Å². The molecule has 0 N–H and O–H groups in total. The molecule has 10 heteroatoms. The van der Waals surface area contributed by atoms with Gasteiger partial charge in [0.15, 0.2) is 0 Å². The number of nitrogens with zero attached hydrogens (tertiary/aromatic N) is 3. The van der Waals surface area contributed by atoms with Crippen molar-refractivity contribution in [3.05, 3.63) is 0 Å². The van der Waals surface area contributed by atoms with Gasteiger partial charge in [0.05, 0.1) is 0 Å². The van der Waals surface area contributed by atoms with E-state index in [1.807, 2.05) is 35.8 Å². The van der Waals surface area contributed by atoms with E-state index < -0.39 is 0 Å². The first-order chi connectivity index (χ1) is 12.5. The van der Waals surface area contributed by atoms with Gasteiger partial charge in [0, 0.05) is 19.6 Å². The van der Waals surface area contributed by atoms with Crippen LogP contribution in [0.25, 0.3) is 0 Å². The molecule has 0 aromatic heterocycles. The number of hydrogen-bond acceptors (Lipinski definition) is 3. The van der Waals surface area contributed by atoms with Crippen LogP contribution in [0.4, 0.5) is 0 Å². The van der Waals surface area contributed by atoms with Crippen LogP contribution in [0.5, 0.6) is 0 Å². The first-order valence-corrected chi connectivity index (χ1v) is 11.9. The Hall–Kier alpha value is 1.72. The normalized spacial score (nSPS) is 9.86. The molecule has 28 heavy (non-hydrogen) atoms. The summed E-state index contributed by atoms with van der Waals surface area (Å²) in [4.78, 5) is 5.92. The van der Waals surface area contributed by atoms with Crippen LogP contribution >= 0.6 is 0 Å². The van der Waals surface area contributed by atoms with E-state index in [9.17, 15) is 0 Å². The summed E-state index contributed by atoms with van der Waals surface area (Å²) in [6.07, 6.45) is 7.20. The van der Waals surface area contributed by atoms with Crippen molar-refractivity contribution < 1.29 is 17.1 Å². The molecule has 0 aromatic carbocycles. The minimum atomic E-state index is 0. The Balaban J connectivity index is -0.000000152. The van der Waals surface area contributed by atoms with Crippen molar-refractivity contribution in [1.29, 1.82) is 0 Å². The number of unbranched alkanes of at least 4 members (excludes halogenated alkanes) is 3. The van der Waals surface area contributed by atoms with Crippen LogP contribution in [-0.4, -0.2) is 68.4 Å². The molecule has 0 aliphatic heterocycles. The second-order valence-corrected chi connectivity index (χ2v) is 9.51. The largest absolute Gasteiger partial charge is 3.00 e. The van der Waals surface area contributed by atoms with Crippen LogP contribution in [0.1, 0.15) is 59.3 Å². The van der Waals surface area contributed by atoms with Crippen LogP contribution in [0.15, 0.2) is 0 Å². The van der Waals surface area contributed by atoms with Gasteiger partial charge in [-0.15, -0.1) is 0 Å². The SMILES string of the molecule is CCCCN(C)C([S-])=[SH+].CCCCN(C)C([S-])=[SH+].CCCCN(C)C([S-])=[SH+].[Fe+3]. The summed E-state index contributed by atoms with van der Waals surface area (Å²) in [5.41, 5.74) is 0. The van der Waals surface area contributed by atoms with Crippen molar-refractivity contribution in [2.45, 2.75) is 59.3 Å². The Labute approximate surface area is 217 Å². The molecule has 1 radical (unpaired) electrons. The van der Waals surface area contributed by atoms with Gasteiger partial charge >= 0.3 is 17.1 Å². The maximum atomic E-state index is 4.82. The summed E-state index contributed by atoms with van der Waals surface area (Å²) >= 11 is 26.5. The molecule has 3 nitrogen and oxygen atoms in total. The molecule has 0 unspecified atom stereocenters. The fourth-order valence-electron chi connectivity index (χ4n) is 1.47. The van der Waals surface area contributed by atoms with Gasteiger partial charge in [-0.25, -0.2) is 0 Å². The van der Waals surface area contributed by atoms with E-state index in [4.69, 9.17) is 37.9 Å². The average molecular weight is 546 g/mol. The van der Waals surface area contributed by atoms with Gasteiger partial charge < -0.3 is 37.9 Å². The zero-order valence-electron chi connectivity index (χ0n) is 18.1. The maximum Gasteiger partial charge on any atom is 3.00 e. The van der Waals surface area contributed by atoms with Gasteiger partial charge in [-0.05, 0) is 40.4 Å². The molecule has 167 valence electrons. The summed E-state index contributed by atoms with van der Waals surface area (Å²) in [5.74, 6) is 0. The molecule has 0 amide bonds. The Morgan fingerprint density at radius 2 is 0.750 bits per heavy atom. The van der Waals surface area contributed by atoms with Gasteiger partial charge in [0.1, 0.15) is 49.6 Å². The molecule has 0 bridgehead atoms. The van der Waals surface area contributed by atoms with Crippen LogP contribution in [0.2, 0.25) is 0 Å². The molecular weight excluding hydrogens is 506 g/mol. The third-order valence-corrected chi connectivity index (χ3v) is 5.48. The predicted molar refractivity (Wildman–Crippen MR) is 146 cm³/mol. The van der Waals surface area contributed by atoms with E-state index in [1.165, 1.54) is 38.5 Å². The summed E-state index contributed by atoms with van der Waals surface area (Å²) in [6.45, 7) is 9.57. The molecule has 0 rings (SSSR count). The number of hydrogen-bond donors (Lipinski definition) is 0. The molecule has 0 heterocycles. The Bertz CT molecular complexity index is 342. The molecule has 0 aliphatic rings. The summed E-state index contributed by atoms with van der Waals surface area (Å²) in [5, 5.41) is 0. The van der Waals surface area contributed by atoms with Gasteiger partial charge in [-0.2, -0.15) is 0 Å². The van der Waals surface area contributed by atoms with E-state index >= 15 is 0 Å². The fourth-order valence-corrected chi connectivity index (χ4v) is 2.05. The third-order valence-electron chi connectivity index (χ3n) is 3.52. The van der Waals surface area contributed by atoms with Gasteiger partial charge in [0.2, 0.25) is 0 Å². The molecular formula is C18H39FeN3S6+3. The van der Waals surface area contributed by atoms with Crippen LogP contribution in [0.3, 0.4) is 0 Å². The first kappa shape index (κ1) is 37.1. The minimum Gasteiger partial charge on any atom is -0.680 e. The van der Waals surface area contributed by atoms with Crippen molar-refractivity contribution in [3.63, 3.8) is 0 Å². The Morgan fingerprint density at radius 3 is 0.857 bits per heavy atom. The van der Waals surface area contributed by atoms with Crippen molar-refractivity contribution in [1.82, 2.24) is 14.7 Å². The number of rotatable bonds is 9. The molecule has 0 fully saturated rings. The van der Waals surface area contributed by atoms with Gasteiger partial charge in [-0.3, -0.25) is 14.7 Å². The number of thiol groups is 3. The Kier molecular flexibility index (Phi) is 35.4. The molecule has 0 saturated heterocycles. The van der Waals surface area contributed by atoms with Crippen LogP contribution < -0.4 is 0 Å². The second-order valence-electron chi connectivity index (χ2n) is 6.17. The zero-order chi connectivity index (χ0) is 21.8. The van der Waals surface area contributed by atoms with Crippen molar-refractivity contribution in [3.8, 4) is 0 Å². The second kappa shape index (κ2) is 26.8. The minimum absolute atomic E-state index is 0. The smallest absolute Gasteiger partial charge is 0.680 e. The van der Waals surface area contributed by atoms with Crippen molar-refractivity contribution in [2.24, 2.45) is 0 Å². The average Bonchev–Trinajstić information content (AvgIpc) is 2.62. The first-order valence-electron chi connectivity index (χ1n) is 9.37. The fraction of sp³-hybridized carbons (Fsp3) is 0.833. The van der Waals surface area contributed by atoms with E-state index in [0.717, 1.165) is 19.6 Å².